The molecule has 8 heteroatoms. The largest absolute Gasteiger partial charge is 0.481 e. The zero-order valence-corrected chi connectivity index (χ0v) is 9.72. The number of pyridine rings is 1. The van der Waals surface area contributed by atoms with Crippen LogP contribution in [0.2, 0.25) is 5.15 Å². The third-order valence-corrected chi connectivity index (χ3v) is 2.18. The first-order valence-corrected chi connectivity index (χ1v) is 5.15. The van der Waals surface area contributed by atoms with Crippen molar-refractivity contribution >= 4 is 29.4 Å². The highest BCUT2D eigenvalue weighted by Crippen LogP contribution is 2.07. The Morgan fingerprint density at radius 3 is 2.56 bits per heavy atom. The van der Waals surface area contributed by atoms with Gasteiger partial charge in [-0.15, -0.1) is 0 Å². The van der Waals surface area contributed by atoms with Crippen LogP contribution in [-0.4, -0.2) is 39.1 Å². The van der Waals surface area contributed by atoms with Crippen molar-refractivity contribution in [3.8, 4) is 0 Å². The van der Waals surface area contributed by atoms with Gasteiger partial charge in [0.05, 0.1) is 6.42 Å². The molecule has 1 aromatic rings. The van der Waals surface area contributed by atoms with E-state index in [-0.39, 0.29) is 10.7 Å². The summed E-state index contributed by atoms with van der Waals surface area (Å²) in [6.45, 7) is 0. The van der Waals surface area contributed by atoms with Gasteiger partial charge in [0.25, 0.3) is 5.91 Å². The number of hydrogen-bond donors (Lipinski definition) is 3. The molecule has 18 heavy (non-hydrogen) atoms. The molecule has 1 atom stereocenters. The van der Waals surface area contributed by atoms with E-state index < -0.39 is 30.3 Å². The molecule has 0 bridgehead atoms. The summed E-state index contributed by atoms with van der Waals surface area (Å²) in [7, 11) is 0. The first-order valence-electron chi connectivity index (χ1n) is 4.77. The fraction of sp³-hybridized carbons (Fsp3) is 0.200. The van der Waals surface area contributed by atoms with Crippen LogP contribution < -0.4 is 5.32 Å². The minimum absolute atomic E-state index is 0.0766. The summed E-state index contributed by atoms with van der Waals surface area (Å²) < 4.78 is 0. The molecule has 0 fully saturated rings. The summed E-state index contributed by atoms with van der Waals surface area (Å²) in [6.07, 6.45) is 0.574. The number of carbonyl (C=O) groups excluding carboxylic acids is 1. The van der Waals surface area contributed by atoms with Crippen molar-refractivity contribution < 1.29 is 24.6 Å². The van der Waals surface area contributed by atoms with Crippen molar-refractivity contribution in [2.75, 3.05) is 0 Å². The van der Waals surface area contributed by atoms with E-state index >= 15 is 0 Å². The number of nitrogens with zero attached hydrogens (tertiary/aromatic N) is 1. The van der Waals surface area contributed by atoms with E-state index in [2.05, 4.69) is 10.3 Å². The van der Waals surface area contributed by atoms with Crippen LogP contribution in [0.4, 0.5) is 0 Å². The van der Waals surface area contributed by atoms with Crippen LogP contribution in [0.25, 0.3) is 0 Å². The number of aliphatic carboxylic acids is 2. The number of carbonyl (C=O) groups is 3. The van der Waals surface area contributed by atoms with Crippen molar-refractivity contribution in [1.29, 1.82) is 0 Å². The molecule has 0 aliphatic carbocycles. The van der Waals surface area contributed by atoms with E-state index in [0.29, 0.717) is 0 Å². The average molecular weight is 273 g/mol. The van der Waals surface area contributed by atoms with E-state index in [1.165, 1.54) is 18.3 Å². The minimum atomic E-state index is -1.50. The fourth-order valence-corrected chi connectivity index (χ4v) is 1.33. The van der Waals surface area contributed by atoms with E-state index in [0.717, 1.165) is 0 Å². The van der Waals surface area contributed by atoms with Crippen molar-refractivity contribution in [3.63, 3.8) is 0 Å². The molecular formula is C10H9ClN2O5. The molecule has 0 saturated carbocycles. The maximum atomic E-state index is 11.6. The number of carboxylic acids is 2. The van der Waals surface area contributed by atoms with Gasteiger partial charge in [-0.2, -0.15) is 0 Å². The van der Waals surface area contributed by atoms with Crippen LogP contribution in [0.1, 0.15) is 16.8 Å². The van der Waals surface area contributed by atoms with Crippen molar-refractivity contribution in [3.05, 3.63) is 29.0 Å². The molecule has 0 aliphatic rings. The molecule has 1 rings (SSSR count). The summed E-state index contributed by atoms with van der Waals surface area (Å²) in [5, 5.41) is 19.4. The van der Waals surface area contributed by atoms with E-state index in [9.17, 15) is 14.4 Å². The number of nitrogens with one attached hydrogen (secondary N) is 1. The number of rotatable bonds is 5. The number of aromatic nitrogens is 1. The van der Waals surface area contributed by atoms with Crippen LogP contribution in [0, 0.1) is 0 Å². The molecular weight excluding hydrogens is 264 g/mol. The zero-order valence-electron chi connectivity index (χ0n) is 8.96. The Kier molecular flexibility index (Phi) is 4.61. The van der Waals surface area contributed by atoms with Gasteiger partial charge in [0.1, 0.15) is 11.2 Å². The maximum absolute atomic E-state index is 11.6. The second-order valence-corrected chi connectivity index (χ2v) is 3.72. The lowest BCUT2D eigenvalue weighted by Crippen LogP contribution is -2.42. The number of amides is 1. The smallest absolute Gasteiger partial charge is 0.326 e. The second kappa shape index (κ2) is 5.97. The SMILES string of the molecule is O=C(O)C[C@@H](NC(=O)c1ccnc(Cl)c1)C(=O)O. The Morgan fingerprint density at radius 1 is 1.39 bits per heavy atom. The summed E-state index contributed by atoms with van der Waals surface area (Å²) in [5.74, 6) is -3.48. The number of halogens is 1. The zero-order chi connectivity index (χ0) is 13.7. The standard InChI is InChI=1S/C10H9ClN2O5/c11-7-3-5(1-2-12-7)9(16)13-6(10(17)18)4-8(14)15/h1-3,6H,4H2,(H,13,16)(H,14,15)(H,17,18)/t6-/m1/s1. The van der Waals surface area contributed by atoms with Gasteiger partial charge in [0.2, 0.25) is 0 Å². The minimum Gasteiger partial charge on any atom is -0.481 e. The van der Waals surface area contributed by atoms with Gasteiger partial charge in [-0.3, -0.25) is 9.59 Å². The molecule has 1 amide bonds. The van der Waals surface area contributed by atoms with E-state index in [1.807, 2.05) is 0 Å². The molecule has 7 nitrogen and oxygen atoms in total. The Balaban J connectivity index is 2.78. The van der Waals surface area contributed by atoms with Gasteiger partial charge in [-0.05, 0) is 12.1 Å². The fourth-order valence-electron chi connectivity index (χ4n) is 1.16. The first kappa shape index (κ1) is 13.9. The van der Waals surface area contributed by atoms with Gasteiger partial charge >= 0.3 is 11.9 Å². The Bertz CT molecular complexity index is 491. The molecule has 0 spiro atoms. The molecule has 3 N–H and O–H groups in total. The van der Waals surface area contributed by atoms with Crippen LogP contribution in [0.3, 0.4) is 0 Å². The molecule has 0 saturated heterocycles. The molecule has 0 unspecified atom stereocenters. The van der Waals surface area contributed by atoms with Gasteiger partial charge in [-0.25, -0.2) is 9.78 Å². The summed E-state index contributed by atoms with van der Waals surface area (Å²) in [4.78, 5) is 36.5. The molecule has 0 aromatic carbocycles. The van der Waals surface area contributed by atoms with Crippen molar-refractivity contribution in [2.45, 2.75) is 12.5 Å². The lowest BCUT2D eigenvalue weighted by atomic mass is 10.2. The number of carboxylic acid groups (broad SMARTS) is 2. The predicted octanol–water partition coefficient (Wildman–Crippen LogP) is 0.393. The topological polar surface area (TPSA) is 117 Å². The summed E-state index contributed by atoms with van der Waals surface area (Å²) >= 11 is 5.57. The monoisotopic (exact) mass is 272 g/mol. The highest BCUT2D eigenvalue weighted by molar-refractivity contribution is 6.29. The normalized spacial score (nSPS) is 11.6. The van der Waals surface area contributed by atoms with Crippen LogP contribution in [-0.2, 0) is 9.59 Å². The maximum Gasteiger partial charge on any atom is 0.326 e. The van der Waals surface area contributed by atoms with Gasteiger partial charge < -0.3 is 15.5 Å². The van der Waals surface area contributed by atoms with Crippen LogP contribution >= 0.6 is 11.6 Å². The highest BCUT2D eigenvalue weighted by atomic mass is 35.5. The van der Waals surface area contributed by atoms with Gasteiger partial charge in [-0.1, -0.05) is 11.6 Å². The third kappa shape index (κ3) is 4.02. The van der Waals surface area contributed by atoms with Crippen LogP contribution in [0.5, 0.6) is 0 Å². The van der Waals surface area contributed by atoms with Gasteiger partial charge in [0.15, 0.2) is 0 Å². The lowest BCUT2D eigenvalue weighted by molar-refractivity contribution is -0.145. The average Bonchev–Trinajstić information content (AvgIpc) is 2.27. The highest BCUT2D eigenvalue weighted by Gasteiger charge is 2.23. The molecule has 0 radical (unpaired) electrons. The quantitative estimate of drug-likeness (QED) is 0.668. The van der Waals surface area contributed by atoms with E-state index in [1.54, 1.807) is 0 Å². The lowest BCUT2D eigenvalue weighted by Gasteiger charge is -2.12. The Hall–Kier alpha value is -2.15. The Morgan fingerprint density at radius 2 is 2.06 bits per heavy atom. The number of hydrogen-bond acceptors (Lipinski definition) is 4. The Labute approximate surface area is 106 Å². The molecule has 1 heterocycles. The second-order valence-electron chi connectivity index (χ2n) is 3.33. The van der Waals surface area contributed by atoms with Crippen molar-refractivity contribution in [1.82, 2.24) is 10.3 Å². The molecule has 96 valence electrons. The van der Waals surface area contributed by atoms with E-state index in [4.69, 9.17) is 21.8 Å². The summed E-state index contributed by atoms with van der Waals surface area (Å²) in [5.41, 5.74) is 0.103. The third-order valence-electron chi connectivity index (χ3n) is 1.97. The first-order chi connectivity index (χ1) is 8.40. The van der Waals surface area contributed by atoms with Gasteiger partial charge in [0, 0.05) is 11.8 Å². The molecule has 1 aromatic heterocycles. The summed E-state index contributed by atoms with van der Waals surface area (Å²) in [6, 6.07) is 1.08. The van der Waals surface area contributed by atoms with Crippen molar-refractivity contribution in [2.24, 2.45) is 0 Å². The predicted molar refractivity (Wildman–Crippen MR) is 60.4 cm³/mol. The van der Waals surface area contributed by atoms with Crippen LogP contribution in [0.15, 0.2) is 18.3 Å². The molecule has 0 aliphatic heterocycles.